The quantitative estimate of drug-likeness (QED) is 0.221. The zero-order valence-corrected chi connectivity index (χ0v) is 12.9. The lowest BCUT2D eigenvalue weighted by Crippen LogP contribution is -2.28. The Morgan fingerprint density at radius 2 is 1.90 bits per heavy atom. The zero-order valence-electron chi connectivity index (χ0n) is 12.0. The van der Waals surface area contributed by atoms with Gasteiger partial charge in [0.1, 0.15) is 0 Å². The number of rotatable bonds is 10. The number of carbonyl (C=O) groups excluding carboxylic acids is 1. The maximum absolute atomic E-state index is 11.8. The molecule has 1 amide bonds. The number of allylic oxidation sites excluding steroid dienone is 2. The Balaban J connectivity index is 4.48. The van der Waals surface area contributed by atoms with Gasteiger partial charge in [-0.15, -0.1) is 0 Å². The van der Waals surface area contributed by atoms with E-state index < -0.39 is 14.3 Å². The molecule has 5 nitrogen and oxygen atoms in total. The maximum Gasteiger partial charge on any atom is 0.277 e. The van der Waals surface area contributed by atoms with Crippen molar-refractivity contribution in [1.82, 2.24) is 5.06 Å². The Morgan fingerprint density at radius 1 is 1.30 bits per heavy atom. The van der Waals surface area contributed by atoms with Crippen molar-refractivity contribution in [2.75, 3.05) is 19.8 Å². The second-order valence-corrected chi connectivity index (χ2v) is 4.84. The first-order chi connectivity index (χ1) is 9.60. The van der Waals surface area contributed by atoms with E-state index in [-0.39, 0.29) is 12.1 Å². The van der Waals surface area contributed by atoms with E-state index in [1.54, 1.807) is 11.9 Å². The summed E-state index contributed by atoms with van der Waals surface area (Å²) in [7, 11) is -1.12. The summed E-state index contributed by atoms with van der Waals surface area (Å²) in [6.45, 7) is 11.9. The molecule has 20 heavy (non-hydrogen) atoms. The summed E-state index contributed by atoms with van der Waals surface area (Å²) >= 11 is 0. The van der Waals surface area contributed by atoms with Crippen LogP contribution in [0.2, 0.25) is 0 Å². The van der Waals surface area contributed by atoms with Gasteiger partial charge in [-0.3, -0.25) is 10.0 Å². The molecule has 1 N–H and O–H groups in total. The molecule has 0 spiro atoms. The highest BCUT2D eigenvalue weighted by molar-refractivity contribution is 7.50. The molecule has 0 heterocycles. The van der Waals surface area contributed by atoms with Crippen molar-refractivity contribution < 1.29 is 19.0 Å². The second kappa shape index (κ2) is 11.6. The molecule has 0 aromatic rings. The van der Waals surface area contributed by atoms with Gasteiger partial charge in [-0.25, -0.2) is 5.06 Å². The molecule has 0 saturated carbocycles. The van der Waals surface area contributed by atoms with Crippen LogP contribution in [-0.4, -0.2) is 35.9 Å². The highest BCUT2D eigenvalue weighted by atomic mass is 31.2. The molecular formula is C14H22NO4P. The number of hydrogen-bond donors (Lipinski definition) is 1. The molecule has 0 atom stereocenters. The average molecular weight is 299 g/mol. The fourth-order valence-corrected chi connectivity index (χ4v) is 2.22. The molecule has 112 valence electrons. The number of amides is 1. The van der Waals surface area contributed by atoms with Crippen molar-refractivity contribution >= 4 is 14.3 Å². The summed E-state index contributed by atoms with van der Waals surface area (Å²) < 4.78 is 10.7. The number of hydroxylamine groups is 2. The average Bonchev–Trinajstić information content (AvgIpc) is 2.44. The minimum absolute atomic E-state index is 0.0418. The summed E-state index contributed by atoms with van der Waals surface area (Å²) in [5, 5.41) is 10.2. The van der Waals surface area contributed by atoms with Gasteiger partial charge in [0, 0.05) is 5.57 Å². The van der Waals surface area contributed by atoms with Crippen LogP contribution in [-0.2, 0) is 13.8 Å². The largest absolute Gasteiger partial charge is 0.331 e. The van der Waals surface area contributed by atoms with Gasteiger partial charge in [0.25, 0.3) is 5.91 Å². The smallest absolute Gasteiger partial charge is 0.277 e. The zero-order chi connectivity index (χ0) is 15.4. The van der Waals surface area contributed by atoms with Crippen molar-refractivity contribution in [1.29, 1.82) is 0 Å². The predicted molar refractivity (Wildman–Crippen MR) is 81.3 cm³/mol. The van der Waals surface area contributed by atoms with Gasteiger partial charge in [0.2, 0.25) is 0 Å². The normalized spacial score (nSPS) is 11.9. The van der Waals surface area contributed by atoms with Crippen molar-refractivity contribution in [3.05, 3.63) is 48.9 Å². The molecular weight excluding hydrogens is 277 g/mol. The van der Waals surface area contributed by atoms with Crippen LogP contribution in [0.25, 0.3) is 0 Å². The molecule has 0 aliphatic heterocycles. The van der Waals surface area contributed by atoms with Crippen LogP contribution in [0.4, 0.5) is 0 Å². The highest BCUT2D eigenvalue weighted by Gasteiger charge is 2.12. The van der Waals surface area contributed by atoms with E-state index in [4.69, 9.17) is 9.05 Å². The molecule has 0 unspecified atom stereocenters. The van der Waals surface area contributed by atoms with E-state index >= 15 is 0 Å². The SMILES string of the molecule is C=C/C=C(\C=C)C(=O)N(O)C/C=C/P(OCC)OCC. The summed E-state index contributed by atoms with van der Waals surface area (Å²) in [5.41, 5.74) is 0.271. The topological polar surface area (TPSA) is 59.0 Å². The third kappa shape index (κ3) is 7.36. The summed E-state index contributed by atoms with van der Waals surface area (Å²) in [4.78, 5) is 11.8. The lowest BCUT2D eigenvalue weighted by atomic mass is 10.2. The Morgan fingerprint density at radius 3 is 2.35 bits per heavy atom. The van der Waals surface area contributed by atoms with Crippen LogP contribution in [0.1, 0.15) is 13.8 Å². The van der Waals surface area contributed by atoms with Gasteiger partial charge in [-0.2, -0.15) is 0 Å². The molecule has 6 heteroatoms. The van der Waals surface area contributed by atoms with Crippen molar-refractivity contribution in [3.63, 3.8) is 0 Å². The van der Waals surface area contributed by atoms with Crippen LogP contribution in [0.3, 0.4) is 0 Å². The number of carbonyl (C=O) groups is 1. The first kappa shape index (κ1) is 18.7. The van der Waals surface area contributed by atoms with Crippen LogP contribution >= 0.6 is 8.38 Å². The standard InChI is InChI=1S/C14H22NO4P/c1-5-10-13(6-2)14(16)15(17)11-9-12-20(18-7-3)19-8-4/h5-6,9-10,12,17H,1-2,7-8,11H2,3-4H3/b12-9+,13-10+. The Bertz CT molecular complexity index is 373. The summed E-state index contributed by atoms with van der Waals surface area (Å²) in [6, 6.07) is 0. The molecule has 0 aliphatic carbocycles. The first-order valence-corrected chi connectivity index (χ1v) is 7.52. The van der Waals surface area contributed by atoms with E-state index in [1.807, 2.05) is 13.8 Å². The Labute approximate surface area is 121 Å². The summed E-state index contributed by atoms with van der Waals surface area (Å²) in [6.07, 6.45) is 5.94. The van der Waals surface area contributed by atoms with Gasteiger partial charge in [-0.05, 0) is 25.7 Å². The fourth-order valence-electron chi connectivity index (χ4n) is 1.20. The molecule has 0 aromatic heterocycles. The summed E-state index contributed by atoms with van der Waals surface area (Å²) in [5.74, 6) is 1.17. The van der Waals surface area contributed by atoms with Crippen molar-refractivity contribution in [2.24, 2.45) is 0 Å². The van der Waals surface area contributed by atoms with Crippen LogP contribution in [0, 0.1) is 0 Å². The van der Waals surface area contributed by atoms with E-state index in [0.29, 0.717) is 18.3 Å². The van der Waals surface area contributed by atoms with E-state index in [1.165, 1.54) is 18.2 Å². The number of hydrogen-bond acceptors (Lipinski definition) is 4. The van der Waals surface area contributed by atoms with Gasteiger partial charge >= 0.3 is 0 Å². The third-order valence-corrected chi connectivity index (χ3v) is 3.50. The van der Waals surface area contributed by atoms with E-state index in [9.17, 15) is 10.0 Å². The predicted octanol–water partition coefficient (Wildman–Crippen LogP) is 3.40. The second-order valence-electron chi connectivity index (χ2n) is 3.45. The van der Waals surface area contributed by atoms with Crippen LogP contribution in [0.5, 0.6) is 0 Å². The molecule has 0 aliphatic rings. The lowest BCUT2D eigenvalue weighted by Gasteiger charge is -2.14. The Hall–Kier alpha value is -1.26. The minimum Gasteiger partial charge on any atom is -0.331 e. The maximum atomic E-state index is 11.8. The van der Waals surface area contributed by atoms with Gasteiger partial charge in [0.15, 0.2) is 8.38 Å². The monoisotopic (exact) mass is 299 g/mol. The van der Waals surface area contributed by atoms with Crippen molar-refractivity contribution in [2.45, 2.75) is 13.8 Å². The first-order valence-electron chi connectivity index (χ1n) is 6.28. The van der Waals surface area contributed by atoms with Gasteiger partial charge in [-0.1, -0.05) is 31.4 Å². The van der Waals surface area contributed by atoms with E-state index in [0.717, 1.165) is 0 Å². The molecule has 0 bridgehead atoms. The molecule has 0 radical (unpaired) electrons. The minimum atomic E-state index is -1.12. The van der Waals surface area contributed by atoms with Gasteiger partial charge in [0.05, 0.1) is 19.8 Å². The molecule has 0 aromatic carbocycles. The third-order valence-electron chi connectivity index (χ3n) is 2.02. The van der Waals surface area contributed by atoms with Crippen LogP contribution < -0.4 is 0 Å². The van der Waals surface area contributed by atoms with Crippen molar-refractivity contribution in [3.8, 4) is 0 Å². The molecule has 0 rings (SSSR count). The van der Waals surface area contributed by atoms with Gasteiger partial charge < -0.3 is 9.05 Å². The van der Waals surface area contributed by atoms with Crippen LogP contribution in [0.15, 0.2) is 48.9 Å². The highest BCUT2D eigenvalue weighted by Crippen LogP contribution is 2.39. The molecule has 0 fully saturated rings. The van der Waals surface area contributed by atoms with E-state index in [2.05, 4.69) is 13.2 Å². The number of nitrogens with zero attached hydrogens (tertiary/aromatic N) is 1. The molecule has 0 saturated heterocycles. The Kier molecular flexibility index (Phi) is 10.8. The lowest BCUT2D eigenvalue weighted by molar-refractivity contribution is -0.157. The fraction of sp³-hybridized carbons (Fsp3) is 0.357.